The van der Waals surface area contributed by atoms with Crippen molar-refractivity contribution >= 4 is 32.1 Å². The molecule has 31 heavy (non-hydrogen) atoms. The van der Waals surface area contributed by atoms with E-state index in [0.29, 0.717) is 22.6 Å². The molecule has 0 aliphatic heterocycles. The van der Waals surface area contributed by atoms with E-state index in [1.165, 1.54) is 18.3 Å². The lowest BCUT2D eigenvalue weighted by atomic mass is 10.1. The van der Waals surface area contributed by atoms with E-state index >= 15 is 0 Å². The first-order valence-electron chi connectivity index (χ1n) is 8.94. The summed E-state index contributed by atoms with van der Waals surface area (Å²) in [6.07, 6.45) is 6.07. The Morgan fingerprint density at radius 3 is 2.32 bits per heavy atom. The number of rotatable bonds is 3. The van der Waals surface area contributed by atoms with Gasteiger partial charge in [-0.3, -0.25) is 4.98 Å². The fourth-order valence-electron chi connectivity index (χ4n) is 2.82. The molecule has 4 rings (SSSR count). The predicted molar refractivity (Wildman–Crippen MR) is 113 cm³/mol. The third kappa shape index (κ3) is 4.49. The molecule has 0 radical (unpaired) electrons. The van der Waals surface area contributed by atoms with Gasteiger partial charge in [0, 0.05) is 35.1 Å². The number of nitrogens with one attached hydrogen (secondary N) is 1. The summed E-state index contributed by atoms with van der Waals surface area (Å²) in [4.78, 5) is 12.2. The number of benzene rings is 1. The third-order valence-electron chi connectivity index (χ3n) is 4.36. The van der Waals surface area contributed by atoms with Gasteiger partial charge in [-0.2, -0.15) is 0 Å². The number of hydrogen-bond donors (Lipinski definition) is 1. The maximum Gasteiger partial charge on any atom is 0.175 e. The van der Waals surface area contributed by atoms with Gasteiger partial charge in [-0.1, -0.05) is 5.92 Å². The fourth-order valence-corrected chi connectivity index (χ4v) is 3.45. The Morgan fingerprint density at radius 2 is 1.65 bits per heavy atom. The second-order valence-electron chi connectivity index (χ2n) is 6.60. The number of halogens is 2. The molecule has 0 fully saturated rings. The summed E-state index contributed by atoms with van der Waals surface area (Å²) in [6.45, 7) is 0. The summed E-state index contributed by atoms with van der Waals surface area (Å²) in [5.41, 5.74) is 0.579. The lowest BCUT2D eigenvalue weighted by Crippen LogP contribution is -1.98. The smallest absolute Gasteiger partial charge is 0.175 e. The molecule has 6 nitrogen and oxygen atoms in total. The van der Waals surface area contributed by atoms with Crippen molar-refractivity contribution in [3.63, 3.8) is 0 Å². The summed E-state index contributed by atoms with van der Waals surface area (Å²) in [5, 5.41) is 4.46. The van der Waals surface area contributed by atoms with E-state index in [9.17, 15) is 17.2 Å². The van der Waals surface area contributed by atoms with Crippen LogP contribution in [0.5, 0.6) is 0 Å². The Labute approximate surface area is 176 Å². The lowest BCUT2D eigenvalue weighted by Gasteiger charge is -2.08. The van der Waals surface area contributed by atoms with Crippen LogP contribution in [0.1, 0.15) is 11.3 Å². The van der Waals surface area contributed by atoms with E-state index in [-0.39, 0.29) is 10.5 Å². The quantitative estimate of drug-likeness (QED) is 0.491. The zero-order valence-electron chi connectivity index (χ0n) is 16.1. The van der Waals surface area contributed by atoms with E-state index in [2.05, 4.69) is 32.1 Å². The highest BCUT2D eigenvalue weighted by Gasteiger charge is 2.09. The molecular formula is C22H14F2N4O2S. The van der Waals surface area contributed by atoms with Crippen LogP contribution in [0.4, 0.5) is 20.3 Å². The maximum atomic E-state index is 13.8. The number of pyridine rings is 3. The second-order valence-corrected chi connectivity index (χ2v) is 8.62. The Hall–Kier alpha value is -3.90. The van der Waals surface area contributed by atoms with Crippen molar-refractivity contribution in [1.82, 2.24) is 15.0 Å². The van der Waals surface area contributed by atoms with Crippen molar-refractivity contribution < 1.29 is 17.2 Å². The van der Waals surface area contributed by atoms with Gasteiger partial charge in [0.25, 0.3) is 0 Å². The largest absolute Gasteiger partial charge is 0.340 e. The highest BCUT2D eigenvalue weighted by atomic mass is 32.2. The van der Waals surface area contributed by atoms with Gasteiger partial charge in [0.1, 0.15) is 11.5 Å². The van der Waals surface area contributed by atoms with Gasteiger partial charge in [0.05, 0.1) is 22.9 Å². The summed E-state index contributed by atoms with van der Waals surface area (Å²) >= 11 is 0. The highest BCUT2D eigenvalue weighted by molar-refractivity contribution is 7.90. The standard InChI is InChI=1S/C22H14F2N4O2S/c1-31(29,30)16-4-2-15(3-5-16)28-22-10-18-14(11-27-22)8-9-26-21(18)7-6-17-19(23)12-25-13-20(17)24/h2-5,8-13H,1H3,(H,27,28). The molecule has 1 aromatic carbocycles. The number of fused-ring (bicyclic) bond motifs is 1. The van der Waals surface area contributed by atoms with Crippen LogP contribution >= 0.6 is 0 Å². The third-order valence-corrected chi connectivity index (χ3v) is 5.49. The number of anilines is 2. The van der Waals surface area contributed by atoms with Crippen molar-refractivity contribution in [2.24, 2.45) is 0 Å². The van der Waals surface area contributed by atoms with Crippen molar-refractivity contribution in [2.45, 2.75) is 4.90 Å². The van der Waals surface area contributed by atoms with Crippen LogP contribution in [0.15, 0.2) is 66.1 Å². The molecule has 0 atom stereocenters. The van der Waals surface area contributed by atoms with Crippen molar-refractivity contribution in [1.29, 1.82) is 0 Å². The molecular weight excluding hydrogens is 422 g/mol. The molecule has 3 aromatic heterocycles. The van der Waals surface area contributed by atoms with E-state index in [1.54, 1.807) is 30.5 Å². The van der Waals surface area contributed by atoms with Crippen LogP contribution in [-0.4, -0.2) is 29.6 Å². The van der Waals surface area contributed by atoms with Gasteiger partial charge in [-0.25, -0.2) is 27.2 Å². The van der Waals surface area contributed by atoms with E-state index in [0.717, 1.165) is 24.0 Å². The van der Waals surface area contributed by atoms with Crippen LogP contribution in [0.3, 0.4) is 0 Å². The van der Waals surface area contributed by atoms with E-state index < -0.39 is 21.5 Å². The topological polar surface area (TPSA) is 84.8 Å². The number of aromatic nitrogens is 3. The minimum atomic E-state index is -3.29. The molecule has 0 bridgehead atoms. The zero-order valence-corrected chi connectivity index (χ0v) is 16.9. The van der Waals surface area contributed by atoms with E-state index in [1.807, 2.05) is 0 Å². The van der Waals surface area contributed by atoms with Gasteiger partial charge >= 0.3 is 0 Å². The zero-order chi connectivity index (χ0) is 22.0. The van der Waals surface area contributed by atoms with Crippen LogP contribution in [-0.2, 0) is 9.84 Å². The first-order valence-corrected chi connectivity index (χ1v) is 10.8. The van der Waals surface area contributed by atoms with E-state index in [4.69, 9.17) is 0 Å². The molecule has 9 heteroatoms. The Morgan fingerprint density at radius 1 is 0.935 bits per heavy atom. The number of nitrogens with zero attached hydrogens (tertiary/aromatic N) is 3. The molecule has 3 heterocycles. The molecule has 0 unspecified atom stereocenters. The first kappa shape index (κ1) is 20.4. The van der Waals surface area contributed by atoms with Crippen molar-refractivity contribution in [3.05, 3.63) is 84.1 Å². The molecule has 0 spiro atoms. The Kier molecular flexibility index (Phi) is 5.31. The summed E-state index contributed by atoms with van der Waals surface area (Å²) < 4.78 is 50.8. The first-order chi connectivity index (χ1) is 14.8. The van der Waals surface area contributed by atoms with Crippen LogP contribution in [0, 0.1) is 23.5 Å². The predicted octanol–water partition coefficient (Wildman–Crippen LogP) is 3.85. The molecule has 1 N–H and O–H groups in total. The van der Waals surface area contributed by atoms with Gasteiger partial charge in [0.15, 0.2) is 21.5 Å². The van der Waals surface area contributed by atoms with Gasteiger partial charge in [-0.05, 0) is 42.3 Å². The molecule has 154 valence electrons. The second kappa shape index (κ2) is 8.08. The van der Waals surface area contributed by atoms with Crippen LogP contribution in [0.2, 0.25) is 0 Å². The van der Waals surface area contributed by atoms with Crippen LogP contribution in [0.25, 0.3) is 10.8 Å². The van der Waals surface area contributed by atoms with Crippen molar-refractivity contribution in [2.75, 3.05) is 11.6 Å². The average molecular weight is 436 g/mol. The molecule has 0 aliphatic rings. The normalized spacial score (nSPS) is 11.1. The SMILES string of the molecule is CS(=O)(=O)c1ccc(Nc2cc3c(C#Cc4c(F)cncc4F)nccc3cn2)cc1. The minimum absolute atomic E-state index is 0.210. The minimum Gasteiger partial charge on any atom is -0.340 e. The Bertz CT molecular complexity index is 1440. The molecule has 0 saturated carbocycles. The number of hydrogen-bond acceptors (Lipinski definition) is 6. The lowest BCUT2D eigenvalue weighted by molar-refractivity contribution is 0.567. The fraction of sp³-hybridized carbons (Fsp3) is 0.0455. The molecule has 4 aromatic rings. The monoisotopic (exact) mass is 436 g/mol. The van der Waals surface area contributed by atoms with Crippen molar-refractivity contribution in [3.8, 4) is 11.8 Å². The molecule has 0 saturated heterocycles. The average Bonchev–Trinajstić information content (AvgIpc) is 2.73. The number of sulfone groups is 1. The molecule has 0 aliphatic carbocycles. The van der Waals surface area contributed by atoms with Gasteiger partial charge in [-0.15, -0.1) is 0 Å². The van der Waals surface area contributed by atoms with Crippen LogP contribution < -0.4 is 5.32 Å². The van der Waals surface area contributed by atoms with Gasteiger partial charge < -0.3 is 5.32 Å². The van der Waals surface area contributed by atoms with Gasteiger partial charge in [0.2, 0.25) is 0 Å². The summed E-state index contributed by atoms with van der Waals surface area (Å²) in [7, 11) is -3.29. The summed E-state index contributed by atoms with van der Waals surface area (Å²) in [5.74, 6) is 3.95. The Balaban J connectivity index is 1.69. The summed E-state index contributed by atoms with van der Waals surface area (Å²) in [6, 6.07) is 9.69. The highest BCUT2D eigenvalue weighted by Crippen LogP contribution is 2.23. The maximum absolute atomic E-state index is 13.8. The molecule has 0 amide bonds.